The zero-order valence-electron chi connectivity index (χ0n) is 28.8. The van der Waals surface area contributed by atoms with E-state index in [2.05, 4.69) is 26.3 Å². The summed E-state index contributed by atoms with van der Waals surface area (Å²) in [5, 5.41) is 10.6. The monoisotopic (exact) mass is 699 g/mol. The van der Waals surface area contributed by atoms with Crippen LogP contribution in [-0.4, -0.2) is 74.7 Å². The molecule has 0 radical (unpaired) electrons. The van der Waals surface area contributed by atoms with Gasteiger partial charge >= 0.3 is 16.3 Å². The van der Waals surface area contributed by atoms with Crippen molar-refractivity contribution < 1.29 is 36.2 Å². The molecule has 0 saturated heterocycles. The van der Waals surface area contributed by atoms with Crippen LogP contribution in [0.15, 0.2) is 35.3 Å². The van der Waals surface area contributed by atoms with E-state index in [-0.39, 0.29) is 69.0 Å². The lowest BCUT2D eigenvalue weighted by molar-refractivity contribution is -0.133. The highest BCUT2D eigenvalue weighted by Crippen LogP contribution is 2.13. The van der Waals surface area contributed by atoms with Crippen LogP contribution in [-0.2, 0) is 36.0 Å². The molecule has 4 atom stereocenters. The van der Waals surface area contributed by atoms with Gasteiger partial charge in [-0.05, 0) is 55.4 Å². The molecule has 0 aliphatic heterocycles. The summed E-state index contributed by atoms with van der Waals surface area (Å²) in [7, 11) is -4.95. The van der Waals surface area contributed by atoms with Gasteiger partial charge in [0.1, 0.15) is 30.5 Å². The fraction of sp³-hybridized carbons (Fsp3) is 0.656. The number of hydrogen-bond donors (Lipinski definition) is 6. The van der Waals surface area contributed by atoms with Crippen molar-refractivity contribution in [3.8, 4) is 0 Å². The smallest absolute Gasteiger partial charge is 0.408 e. The zero-order valence-corrected chi connectivity index (χ0v) is 29.6. The Balaban J connectivity index is 3.09. The van der Waals surface area contributed by atoms with E-state index in [0.717, 1.165) is 5.56 Å². The number of halogens is 1. The molecule has 0 saturated carbocycles. The molecule has 272 valence electrons. The number of carbonyl (C=O) groups is 4. The molecule has 0 aliphatic rings. The molecule has 0 fully saturated rings. The minimum Gasteiger partial charge on any atom is -0.445 e. The number of nitrogens with two attached hydrogens (primary N) is 2. The Labute approximate surface area is 284 Å². The maximum Gasteiger partial charge on any atom is 0.408 e. The van der Waals surface area contributed by atoms with Crippen LogP contribution >= 0.6 is 0 Å². The van der Waals surface area contributed by atoms with Crippen LogP contribution in [0.5, 0.6) is 0 Å². The van der Waals surface area contributed by atoms with Crippen molar-refractivity contribution in [3.63, 3.8) is 0 Å². The third-order valence-corrected chi connectivity index (χ3v) is 7.76. The first-order valence-electron chi connectivity index (χ1n) is 16.2. The molecule has 4 amide bonds. The molecule has 8 N–H and O–H groups in total. The first-order chi connectivity index (χ1) is 22.4. The van der Waals surface area contributed by atoms with Crippen molar-refractivity contribution in [2.24, 2.45) is 34.2 Å². The van der Waals surface area contributed by atoms with Gasteiger partial charge in [0, 0.05) is 12.6 Å². The van der Waals surface area contributed by atoms with E-state index in [1.807, 2.05) is 59.7 Å². The third kappa shape index (κ3) is 19.0. The summed E-state index contributed by atoms with van der Waals surface area (Å²) in [6, 6.07) is 4.75. The normalized spacial score (nSPS) is 14.0. The summed E-state index contributed by atoms with van der Waals surface area (Å²) in [5.74, 6) is -3.19. The number of nitrogens with one attached hydrogen (secondary N) is 4. The van der Waals surface area contributed by atoms with Crippen LogP contribution in [0.2, 0.25) is 0 Å². The van der Waals surface area contributed by atoms with Gasteiger partial charge in [0.25, 0.3) is 0 Å². The number of guanidine groups is 1. The van der Waals surface area contributed by atoms with Crippen LogP contribution in [0, 0.1) is 17.8 Å². The molecule has 1 aromatic rings. The molecule has 0 heterocycles. The molecule has 0 spiro atoms. The Morgan fingerprint density at radius 1 is 0.771 bits per heavy atom. The highest BCUT2D eigenvalue weighted by atomic mass is 32.3. The van der Waals surface area contributed by atoms with Gasteiger partial charge < -0.3 is 37.5 Å². The standard InChI is InChI=1S/C32H54FN7O7S/c1-20(2)15-25(28(41)37-24(19-48(33,45)46)13-10-14-36-31(34)35)38-29(42)26(16-21(3)4)39-30(43)27(17-22(5)6)40-32(44)47-18-23-11-8-7-9-12-23/h7-9,11-12,20-22,24-27H,10,13-19H2,1-6H3,(H,37,41)(H,38,42)(H,39,43)(H,40,44)(H4,34,35,36)/t24-,25-,26-,27-/m0/s1. The Kier molecular flexibility index (Phi) is 18.5. The minimum absolute atomic E-state index is 0.00668. The zero-order chi connectivity index (χ0) is 36.4. The first kappa shape index (κ1) is 42.1. The van der Waals surface area contributed by atoms with Gasteiger partial charge in [0.05, 0.1) is 0 Å². The molecular weight excluding hydrogens is 645 g/mol. The van der Waals surface area contributed by atoms with Crippen LogP contribution in [0.4, 0.5) is 8.68 Å². The third-order valence-electron chi connectivity index (χ3n) is 6.96. The van der Waals surface area contributed by atoms with Gasteiger partial charge in [-0.3, -0.25) is 19.4 Å². The van der Waals surface area contributed by atoms with Crippen molar-refractivity contribution in [1.82, 2.24) is 21.3 Å². The molecule has 16 heteroatoms. The Morgan fingerprint density at radius 3 is 1.67 bits per heavy atom. The molecule has 1 aromatic carbocycles. The van der Waals surface area contributed by atoms with Gasteiger partial charge in [-0.2, -0.15) is 8.42 Å². The second-order valence-electron chi connectivity index (χ2n) is 13.1. The topological polar surface area (TPSA) is 224 Å². The second kappa shape index (κ2) is 21.1. The number of carbonyl (C=O) groups excluding carboxylic acids is 4. The maximum absolute atomic E-state index is 13.7. The quantitative estimate of drug-likeness (QED) is 0.0478. The van der Waals surface area contributed by atoms with Gasteiger partial charge in [-0.15, -0.1) is 3.89 Å². The Hall–Kier alpha value is -3.95. The van der Waals surface area contributed by atoms with Crippen LogP contribution < -0.4 is 32.7 Å². The van der Waals surface area contributed by atoms with E-state index in [1.54, 1.807) is 12.1 Å². The Morgan fingerprint density at radius 2 is 1.23 bits per heavy atom. The van der Waals surface area contributed by atoms with Crippen molar-refractivity contribution in [1.29, 1.82) is 0 Å². The fourth-order valence-corrected chi connectivity index (χ4v) is 5.58. The SMILES string of the molecule is CC(C)C[C@H](NC(=O)OCc1ccccc1)C(=O)N[C@@H](CC(C)C)C(=O)N[C@@H](CC(C)C)C(=O)N[C@@H](CCCN=C(N)N)CS(=O)(=O)F. The van der Waals surface area contributed by atoms with E-state index in [4.69, 9.17) is 16.2 Å². The highest BCUT2D eigenvalue weighted by molar-refractivity contribution is 7.86. The molecule has 1 rings (SSSR count). The minimum atomic E-state index is -4.95. The lowest BCUT2D eigenvalue weighted by atomic mass is 9.98. The molecule has 0 unspecified atom stereocenters. The maximum atomic E-state index is 13.7. The largest absolute Gasteiger partial charge is 0.445 e. The summed E-state index contributed by atoms with van der Waals surface area (Å²) < 4.78 is 41.8. The van der Waals surface area contributed by atoms with E-state index < -0.39 is 64.0 Å². The number of aliphatic imine (C=N–C) groups is 1. The highest BCUT2D eigenvalue weighted by Gasteiger charge is 2.32. The summed E-state index contributed by atoms with van der Waals surface area (Å²) in [4.78, 5) is 56.9. The van der Waals surface area contributed by atoms with Gasteiger partial charge in [0.15, 0.2) is 5.96 Å². The van der Waals surface area contributed by atoms with Gasteiger partial charge in [-0.1, -0.05) is 71.9 Å². The van der Waals surface area contributed by atoms with Crippen molar-refractivity contribution in [2.45, 2.75) is 104 Å². The summed E-state index contributed by atoms with van der Waals surface area (Å²) >= 11 is 0. The second-order valence-corrected chi connectivity index (χ2v) is 14.5. The van der Waals surface area contributed by atoms with E-state index in [0.29, 0.717) is 0 Å². The van der Waals surface area contributed by atoms with Crippen molar-refractivity contribution >= 4 is 40.0 Å². The van der Waals surface area contributed by atoms with E-state index >= 15 is 0 Å². The number of alkyl carbamates (subject to hydrolysis) is 1. The lowest BCUT2D eigenvalue weighted by Crippen LogP contribution is -2.58. The summed E-state index contributed by atoms with van der Waals surface area (Å²) in [5.41, 5.74) is 11.4. The molecule has 0 aliphatic carbocycles. The lowest BCUT2D eigenvalue weighted by Gasteiger charge is -2.28. The van der Waals surface area contributed by atoms with Crippen molar-refractivity contribution in [3.05, 3.63) is 35.9 Å². The summed E-state index contributed by atoms with van der Waals surface area (Å²) in [6.45, 7) is 11.3. The number of nitrogens with zero attached hydrogens (tertiary/aromatic N) is 1. The fourth-order valence-electron chi connectivity index (χ4n) is 4.85. The summed E-state index contributed by atoms with van der Waals surface area (Å²) in [6.07, 6.45) is 0.178. The first-order valence-corrected chi connectivity index (χ1v) is 17.8. The predicted molar refractivity (Wildman–Crippen MR) is 183 cm³/mol. The van der Waals surface area contributed by atoms with Crippen LogP contribution in [0.3, 0.4) is 0 Å². The number of amides is 4. The van der Waals surface area contributed by atoms with E-state index in [9.17, 15) is 31.5 Å². The average Bonchev–Trinajstić information content (AvgIpc) is 2.96. The van der Waals surface area contributed by atoms with Crippen LogP contribution in [0.1, 0.15) is 79.2 Å². The van der Waals surface area contributed by atoms with E-state index in [1.165, 1.54) is 0 Å². The van der Waals surface area contributed by atoms with Crippen molar-refractivity contribution in [2.75, 3.05) is 12.3 Å². The predicted octanol–water partition coefficient (Wildman–Crippen LogP) is 2.23. The average molecular weight is 700 g/mol. The Bertz CT molecular complexity index is 1310. The van der Waals surface area contributed by atoms with Gasteiger partial charge in [0.2, 0.25) is 17.7 Å². The molecule has 14 nitrogen and oxygen atoms in total. The molecule has 0 bridgehead atoms. The molecule has 0 aromatic heterocycles. The number of benzene rings is 1. The van der Waals surface area contributed by atoms with Crippen LogP contribution in [0.25, 0.3) is 0 Å². The number of ether oxygens (including phenoxy) is 1. The number of rotatable bonds is 21. The van der Waals surface area contributed by atoms with Gasteiger partial charge in [-0.25, -0.2) is 4.79 Å². The number of hydrogen-bond acceptors (Lipinski definition) is 8. The molecular formula is C32H54FN7O7S. The molecule has 48 heavy (non-hydrogen) atoms.